The number of anilines is 2. The summed E-state index contributed by atoms with van der Waals surface area (Å²) >= 11 is 19.7. The summed E-state index contributed by atoms with van der Waals surface area (Å²) in [4.78, 5) is 14.7. The number of nitrogens with one attached hydrogen (secondary N) is 2. The lowest BCUT2D eigenvalue weighted by atomic mass is 9.92. The molecule has 2 heterocycles. The number of amides is 2. The zero-order valence-electron chi connectivity index (χ0n) is 17.8. The maximum Gasteiger partial charge on any atom is 0.326 e. The normalized spacial score (nSPS) is 15.8. The van der Waals surface area contributed by atoms with Crippen molar-refractivity contribution >= 4 is 58.3 Å². The summed E-state index contributed by atoms with van der Waals surface area (Å²) in [5, 5.41) is 7.84. The molecule has 0 spiro atoms. The highest BCUT2D eigenvalue weighted by atomic mass is 35.5. The second kappa shape index (κ2) is 9.40. The number of piperidine rings is 1. The second-order valence-corrected chi connectivity index (χ2v) is 9.38. The molecule has 4 nitrogen and oxygen atoms in total. The molecule has 0 unspecified atom stereocenters. The Labute approximate surface area is 208 Å². The Kier molecular flexibility index (Phi) is 6.35. The first-order valence-corrected chi connectivity index (χ1v) is 12.0. The van der Waals surface area contributed by atoms with Gasteiger partial charge in [0.1, 0.15) is 0 Å². The molecule has 2 amide bonds. The van der Waals surface area contributed by atoms with Gasteiger partial charge in [0.2, 0.25) is 0 Å². The van der Waals surface area contributed by atoms with Crippen molar-refractivity contribution in [3.63, 3.8) is 0 Å². The maximum atomic E-state index is 13.1. The predicted octanol–water partition coefficient (Wildman–Crippen LogP) is 7.44. The summed E-state index contributed by atoms with van der Waals surface area (Å²) in [5.74, 6) is 0. The lowest BCUT2D eigenvalue weighted by molar-refractivity contribution is 0.247. The van der Waals surface area contributed by atoms with Crippen LogP contribution in [0.25, 0.3) is 17.2 Å². The number of fused-ring (bicyclic) bond motifs is 1. The van der Waals surface area contributed by atoms with Gasteiger partial charge in [-0.25, -0.2) is 4.79 Å². The first-order valence-electron chi connectivity index (χ1n) is 10.9. The number of carbonyl (C=O) groups is 1. The first kappa shape index (κ1) is 22.3. The van der Waals surface area contributed by atoms with E-state index in [2.05, 4.69) is 22.8 Å². The highest BCUT2D eigenvalue weighted by Gasteiger charge is 2.31. The van der Waals surface area contributed by atoms with Crippen molar-refractivity contribution < 1.29 is 4.79 Å². The molecule has 7 heteroatoms. The molecule has 0 aromatic heterocycles. The standard InChI is InChI=1S/C26H22Cl3N3O/c27-21-5-2-1-4-18(21)19-13-17(12-16-8-10-30-11-9-16)14-24-20(19)15-31-26(33)32(24)25-22(28)6-3-7-23(25)29/h1-7,12-14,30H,8-11,15H2,(H,31,33). The highest BCUT2D eigenvalue weighted by Crippen LogP contribution is 2.45. The van der Waals surface area contributed by atoms with Crippen LogP contribution < -0.4 is 15.5 Å². The molecule has 168 valence electrons. The van der Waals surface area contributed by atoms with Crippen LogP contribution in [-0.2, 0) is 6.54 Å². The molecule has 2 aliphatic rings. The van der Waals surface area contributed by atoms with Crippen molar-refractivity contribution in [1.29, 1.82) is 0 Å². The van der Waals surface area contributed by atoms with Crippen molar-refractivity contribution in [2.75, 3.05) is 18.0 Å². The molecule has 0 bridgehead atoms. The summed E-state index contributed by atoms with van der Waals surface area (Å²) in [6.45, 7) is 2.32. The van der Waals surface area contributed by atoms with Gasteiger partial charge in [-0.3, -0.25) is 4.90 Å². The van der Waals surface area contributed by atoms with Gasteiger partial charge in [0.05, 0.1) is 21.4 Å². The molecule has 5 rings (SSSR count). The van der Waals surface area contributed by atoms with Crippen LogP contribution in [0.2, 0.25) is 15.1 Å². The van der Waals surface area contributed by atoms with Crippen molar-refractivity contribution in [2.24, 2.45) is 0 Å². The summed E-state index contributed by atoms with van der Waals surface area (Å²) in [5.41, 5.74) is 6.48. The van der Waals surface area contributed by atoms with Gasteiger partial charge >= 0.3 is 6.03 Å². The van der Waals surface area contributed by atoms with Gasteiger partial charge in [0, 0.05) is 22.7 Å². The van der Waals surface area contributed by atoms with E-state index in [9.17, 15) is 4.79 Å². The minimum absolute atomic E-state index is 0.269. The number of nitrogens with zero attached hydrogens (tertiary/aromatic N) is 1. The average molecular weight is 499 g/mol. The number of benzene rings is 3. The average Bonchev–Trinajstić information content (AvgIpc) is 2.81. The van der Waals surface area contributed by atoms with Crippen LogP contribution in [0.3, 0.4) is 0 Å². The Morgan fingerprint density at radius 1 is 0.848 bits per heavy atom. The van der Waals surface area contributed by atoms with E-state index in [4.69, 9.17) is 34.8 Å². The Balaban J connectivity index is 1.76. The van der Waals surface area contributed by atoms with E-state index in [0.29, 0.717) is 27.3 Å². The number of hydrogen-bond acceptors (Lipinski definition) is 2. The van der Waals surface area contributed by atoms with Crippen molar-refractivity contribution in [1.82, 2.24) is 10.6 Å². The number of urea groups is 1. The third-order valence-electron chi connectivity index (χ3n) is 6.05. The van der Waals surface area contributed by atoms with Gasteiger partial charge in [0.25, 0.3) is 0 Å². The van der Waals surface area contributed by atoms with Crippen LogP contribution in [-0.4, -0.2) is 19.1 Å². The quantitative estimate of drug-likeness (QED) is 0.394. The van der Waals surface area contributed by atoms with E-state index in [1.807, 2.05) is 30.3 Å². The van der Waals surface area contributed by atoms with E-state index < -0.39 is 0 Å². The van der Waals surface area contributed by atoms with Crippen molar-refractivity contribution in [3.8, 4) is 11.1 Å². The topological polar surface area (TPSA) is 44.4 Å². The van der Waals surface area contributed by atoms with Crippen LogP contribution in [0.5, 0.6) is 0 Å². The maximum absolute atomic E-state index is 13.1. The molecule has 3 aromatic carbocycles. The number of halogens is 3. The zero-order valence-corrected chi connectivity index (χ0v) is 20.1. The monoisotopic (exact) mass is 497 g/mol. The van der Waals surface area contributed by atoms with Gasteiger partial charge in [-0.1, -0.05) is 70.7 Å². The molecule has 33 heavy (non-hydrogen) atoms. The smallest absolute Gasteiger partial charge is 0.326 e. The largest absolute Gasteiger partial charge is 0.333 e. The molecule has 1 fully saturated rings. The Morgan fingerprint density at radius 2 is 1.55 bits per heavy atom. The Hall–Kier alpha value is -2.50. The molecule has 0 saturated carbocycles. The Morgan fingerprint density at radius 3 is 2.27 bits per heavy atom. The molecular formula is C26H22Cl3N3O. The number of rotatable bonds is 3. The molecule has 0 atom stereocenters. The number of hydrogen-bond donors (Lipinski definition) is 2. The van der Waals surface area contributed by atoms with Crippen LogP contribution in [0.1, 0.15) is 24.0 Å². The first-order chi connectivity index (χ1) is 16.0. The van der Waals surface area contributed by atoms with E-state index in [0.717, 1.165) is 53.9 Å². The number of para-hydroxylation sites is 1. The number of carbonyl (C=O) groups excluding carboxylic acids is 1. The molecule has 2 aliphatic heterocycles. The van der Waals surface area contributed by atoms with Crippen molar-refractivity contribution in [2.45, 2.75) is 19.4 Å². The molecule has 0 aliphatic carbocycles. The SMILES string of the molecule is O=C1NCc2c(-c3ccccc3Cl)cc(C=C3CCNCC3)cc2N1c1c(Cl)cccc1Cl. The summed E-state index contributed by atoms with van der Waals surface area (Å²) in [7, 11) is 0. The third kappa shape index (κ3) is 4.36. The fraction of sp³-hybridized carbons (Fsp3) is 0.192. The third-order valence-corrected chi connectivity index (χ3v) is 6.99. The van der Waals surface area contributed by atoms with Crippen LogP contribution in [0.4, 0.5) is 16.2 Å². The summed E-state index contributed by atoms with van der Waals surface area (Å²) in [6.07, 6.45) is 4.22. The second-order valence-electron chi connectivity index (χ2n) is 8.16. The Bertz CT molecular complexity index is 1240. The van der Waals surface area contributed by atoms with E-state index in [1.54, 1.807) is 23.1 Å². The predicted molar refractivity (Wildman–Crippen MR) is 138 cm³/mol. The lowest BCUT2D eigenvalue weighted by Gasteiger charge is -2.33. The minimum Gasteiger partial charge on any atom is -0.333 e. The molecule has 3 aromatic rings. The van der Waals surface area contributed by atoms with Gasteiger partial charge in [-0.2, -0.15) is 0 Å². The van der Waals surface area contributed by atoms with Crippen LogP contribution in [0.15, 0.2) is 60.2 Å². The molecule has 1 saturated heterocycles. The van der Waals surface area contributed by atoms with Crippen molar-refractivity contribution in [3.05, 3.63) is 86.4 Å². The van der Waals surface area contributed by atoms with Gasteiger partial charge in [-0.05, 0) is 67.4 Å². The van der Waals surface area contributed by atoms with E-state index in [1.165, 1.54) is 5.57 Å². The molecule has 2 N–H and O–H groups in total. The fourth-order valence-electron chi connectivity index (χ4n) is 4.47. The fourth-order valence-corrected chi connectivity index (χ4v) is 5.28. The minimum atomic E-state index is -0.269. The van der Waals surface area contributed by atoms with Crippen LogP contribution in [0, 0.1) is 0 Å². The van der Waals surface area contributed by atoms with E-state index >= 15 is 0 Å². The van der Waals surface area contributed by atoms with Gasteiger partial charge in [-0.15, -0.1) is 0 Å². The van der Waals surface area contributed by atoms with E-state index in [-0.39, 0.29) is 6.03 Å². The molecular weight excluding hydrogens is 477 g/mol. The van der Waals surface area contributed by atoms with Gasteiger partial charge in [0.15, 0.2) is 0 Å². The lowest BCUT2D eigenvalue weighted by Crippen LogP contribution is -2.41. The van der Waals surface area contributed by atoms with Gasteiger partial charge < -0.3 is 10.6 Å². The van der Waals surface area contributed by atoms with Crippen LogP contribution >= 0.6 is 34.8 Å². The highest BCUT2D eigenvalue weighted by molar-refractivity contribution is 6.40. The zero-order chi connectivity index (χ0) is 22.9. The molecule has 0 radical (unpaired) electrons. The summed E-state index contributed by atoms with van der Waals surface area (Å²) < 4.78 is 0. The summed E-state index contributed by atoms with van der Waals surface area (Å²) in [6, 6.07) is 16.9.